The minimum Gasteiger partial charge on any atom is -0.412 e. The molecule has 0 aromatic heterocycles. The average molecular weight is 132 g/mol. The largest absolute Gasteiger partial charge is 0.412 e. The Morgan fingerprint density at radius 2 is 2.11 bits per heavy atom. The van der Waals surface area contributed by atoms with E-state index in [2.05, 4.69) is 5.32 Å². The number of nitrogens with one attached hydrogen (secondary N) is 1. The Kier molecular flexibility index (Phi) is 2.29. The van der Waals surface area contributed by atoms with Gasteiger partial charge in [-0.2, -0.15) is 0 Å². The van der Waals surface area contributed by atoms with E-state index in [0.717, 1.165) is 0 Å². The fourth-order valence-corrected chi connectivity index (χ4v) is 0.574. The predicted octanol–water partition coefficient (Wildman–Crippen LogP) is -2.46. The molecule has 0 aromatic rings. The van der Waals surface area contributed by atoms with Crippen LogP contribution >= 0.6 is 0 Å². The number of carbonyl (C=O) groups is 2. The molecule has 5 heteroatoms. The number of imide groups is 1. The van der Waals surface area contributed by atoms with E-state index >= 15 is 0 Å². The molecule has 0 bridgehead atoms. The second-order valence-corrected chi connectivity index (χ2v) is 1.72. The lowest BCUT2D eigenvalue weighted by atomic mass is 10.3. The molecular formula is C4H8N2O3. The first kappa shape index (κ1) is 8.06. The topological polar surface area (TPSA) is 104 Å². The van der Waals surface area contributed by atoms with Gasteiger partial charge >= 0.3 is 0 Å². The number of carbonyl (C=O) groups excluding carboxylic acids is 2. The van der Waals surface area contributed by atoms with Gasteiger partial charge in [0.05, 0.1) is 12.5 Å². The normalized spacial score (nSPS) is 25.2. The molecule has 0 radical (unpaired) electrons. The first-order valence-electron chi connectivity index (χ1n) is 2.29. The van der Waals surface area contributed by atoms with E-state index < -0.39 is 6.04 Å². The van der Waals surface area contributed by atoms with Gasteiger partial charge in [-0.05, 0) is 0 Å². The Balaban J connectivity index is 0.000000640. The van der Waals surface area contributed by atoms with Gasteiger partial charge in [0, 0.05) is 0 Å². The number of hydrogen-bond donors (Lipinski definition) is 2. The summed E-state index contributed by atoms with van der Waals surface area (Å²) in [6.07, 6.45) is 0.138. The number of hydrogen-bond acceptors (Lipinski definition) is 3. The second kappa shape index (κ2) is 2.56. The van der Waals surface area contributed by atoms with Crippen molar-refractivity contribution >= 4 is 11.8 Å². The van der Waals surface area contributed by atoms with Crippen LogP contribution in [-0.2, 0) is 9.59 Å². The van der Waals surface area contributed by atoms with Crippen LogP contribution in [0.3, 0.4) is 0 Å². The summed E-state index contributed by atoms with van der Waals surface area (Å²) in [5.41, 5.74) is 5.14. The summed E-state index contributed by atoms with van der Waals surface area (Å²) in [5.74, 6) is -0.641. The Morgan fingerprint density at radius 1 is 1.56 bits per heavy atom. The van der Waals surface area contributed by atoms with Crippen molar-refractivity contribution in [2.45, 2.75) is 12.5 Å². The Morgan fingerprint density at radius 3 is 2.22 bits per heavy atom. The molecule has 0 spiro atoms. The first-order chi connectivity index (χ1) is 3.70. The van der Waals surface area contributed by atoms with Crippen LogP contribution in [-0.4, -0.2) is 23.3 Å². The molecule has 9 heavy (non-hydrogen) atoms. The van der Waals surface area contributed by atoms with Gasteiger partial charge in [-0.15, -0.1) is 0 Å². The van der Waals surface area contributed by atoms with Gasteiger partial charge in [0.25, 0.3) is 0 Å². The smallest absolute Gasteiger partial charge is 0.243 e. The molecule has 0 saturated carbocycles. The van der Waals surface area contributed by atoms with Crippen LogP contribution in [0.5, 0.6) is 0 Å². The molecule has 52 valence electrons. The molecule has 1 heterocycles. The third-order valence-electron chi connectivity index (χ3n) is 1.00. The molecule has 1 aliphatic rings. The molecule has 1 rings (SSSR count). The second-order valence-electron chi connectivity index (χ2n) is 1.72. The molecule has 0 aliphatic carbocycles. The van der Waals surface area contributed by atoms with E-state index in [4.69, 9.17) is 5.73 Å². The number of amides is 2. The van der Waals surface area contributed by atoms with Gasteiger partial charge in [0.15, 0.2) is 0 Å². The highest BCUT2D eigenvalue weighted by molar-refractivity contribution is 6.05. The monoisotopic (exact) mass is 132 g/mol. The summed E-state index contributed by atoms with van der Waals surface area (Å²) in [6, 6.07) is -0.609. The van der Waals surface area contributed by atoms with Crippen molar-refractivity contribution in [1.29, 1.82) is 0 Å². The number of rotatable bonds is 0. The standard InChI is InChI=1S/C4H6N2O2.H2O/c5-2-1-3(7)6-4(2)8;/h2H,1,5H2,(H,6,7,8);1H2. The predicted molar refractivity (Wildman–Crippen MR) is 29.4 cm³/mol. The fourth-order valence-electron chi connectivity index (χ4n) is 0.574. The van der Waals surface area contributed by atoms with Gasteiger partial charge in [-0.1, -0.05) is 0 Å². The molecule has 0 aromatic carbocycles. The molecule has 5 N–H and O–H groups in total. The van der Waals surface area contributed by atoms with Gasteiger partial charge in [0.1, 0.15) is 0 Å². The van der Waals surface area contributed by atoms with Crippen molar-refractivity contribution in [3.63, 3.8) is 0 Å². The van der Waals surface area contributed by atoms with E-state index in [1.54, 1.807) is 0 Å². The molecule has 2 amide bonds. The van der Waals surface area contributed by atoms with E-state index in [1.165, 1.54) is 0 Å². The summed E-state index contributed by atoms with van der Waals surface area (Å²) in [7, 11) is 0. The van der Waals surface area contributed by atoms with E-state index in [1.807, 2.05) is 0 Å². The molecule has 5 nitrogen and oxygen atoms in total. The average Bonchev–Trinajstić information content (AvgIpc) is 1.85. The third-order valence-corrected chi connectivity index (χ3v) is 1.00. The molecule has 1 unspecified atom stereocenters. The lowest BCUT2D eigenvalue weighted by Gasteiger charge is -1.89. The summed E-state index contributed by atoms with van der Waals surface area (Å²) in [5, 5.41) is 2.06. The van der Waals surface area contributed by atoms with Crippen LogP contribution in [0.1, 0.15) is 6.42 Å². The zero-order valence-electron chi connectivity index (χ0n) is 4.68. The van der Waals surface area contributed by atoms with Crippen LogP contribution in [0.2, 0.25) is 0 Å². The summed E-state index contributed by atoms with van der Waals surface area (Å²) >= 11 is 0. The zero-order valence-corrected chi connectivity index (χ0v) is 4.68. The van der Waals surface area contributed by atoms with Gasteiger partial charge in [0.2, 0.25) is 11.8 Å². The summed E-state index contributed by atoms with van der Waals surface area (Å²) in [6.45, 7) is 0. The quantitative estimate of drug-likeness (QED) is 0.357. The summed E-state index contributed by atoms with van der Waals surface area (Å²) in [4.78, 5) is 20.6. The van der Waals surface area contributed by atoms with Crippen molar-refractivity contribution in [1.82, 2.24) is 5.32 Å². The molecule has 1 saturated heterocycles. The first-order valence-corrected chi connectivity index (χ1v) is 2.29. The van der Waals surface area contributed by atoms with Crippen molar-refractivity contribution in [3.05, 3.63) is 0 Å². The van der Waals surface area contributed by atoms with Crippen molar-refractivity contribution in [2.75, 3.05) is 0 Å². The Bertz CT molecular complexity index is 145. The lowest BCUT2D eigenvalue weighted by molar-refractivity contribution is -0.125. The van der Waals surface area contributed by atoms with Crippen LogP contribution < -0.4 is 11.1 Å². The maximum absolute atomic E-state index is 10.3. The Hall–Kier alpha value is -0.940. The lowest BCUT2D eigenvalue weighted by Crippen LogP contribution is -2.30. The van der Waals surface area contributed by atoms with Gasteiger partial charge in [-0.25, -0.2) is 0 Å². The van der Waals surface area contributed by atoms with E-state index in [0.29, 0.717) is 0 Å². The highest BCUT2D eigenvalue weighted by Crippen LogP contribution is 1.95. The molecular weight excluding hydrogens is 124 g/mol. The zero-order chi connectivity index (χ0) is 6.15. The van der Waals surface area contributed by atoms with E-state index in [-0.39, 0.29) is 23.7 Å². The molecule has 1 fully saturated rings. The maximum Gasteiger partial charge on any atom is 0.243 e. The van der Waals surface area contributed by atoms with Crippen molar-refractivity contribution < 1.29 is 15.1 Å². The van der Waals surface area contributed by atoms with Crippen LogP contribution in [0.4, 0.5) is 0 Å². The highest BCUT2D eigenvalue weighted by atomic mass is 16.2. The maximum atomic E-state index is 10.3. The minimum atomic E-state index is -0.609. The fraction of sp³-hybridized carbons (Fsp3) is 0.500. The minimum absolute atomic E-state index is 0. The highest BCUT2D eigenvalue weighted by Gasteiger charge is 2.26. The third kappa shape index (κ3) is 1.48. The van der Waals surface area contributed by atoms with Crippen LogP contribution in [0.15, 0.2) is 0 Å². The van der Waals surface area contributed by atoms with Crippen molar-refractivity contribution in [2.24, 2.45) is 5.73 Å². The summed E-state index contributed by atoms with van der Waals surface area (Å²) < 4.78 is 0. The number of nitrogens with two attached hydrogens (primary N) is 1. The van der Waals surface area contributed by atoms with Gasteiger partial charge in [-0.3, -0.25) is 14.9 Å². The van der Waals surface area contributed by atoms with Gasteiger partial charge < -0.3 is 11.2 Å². The SMILES string of the molecule is NC1CC(=O)NC1=O.O. The van der Waals surface area contributed by atoms with Crippen LogP contribution in [0, 0.1) is 0 Å². The van der Waals surface area contributed by atoms with Crippen molar-refractivity contribution in [3.8, 4) is 0 Å². The van der Waals surface area contributed by atoms with E-state index in [9.17, 15) is 9.59 Å². The molecule has 1 atom stereocenters. The van der Waals surface area contributed by atoms with Crippen LogP contribution in [0.25, 0.3) is 0 Å². The Labute approximate surface area is 51.5 Å². The molecule has 1 aliphatic heterocycles.